The maximum atomic E-state index is 10.7. The van der Waals surface area contributed by atoms with Crippen LogP contribution < -0.4 is 0 Å². The minimum absolute atomic E-state index is 0. The zero-order valence-corrected chi connectivity index (χ0v) is 8.94. The summed E-state index contributed by atoms with van der Waals surface area (Å²) in [5, 5.41) is 0. The molecule has 0 fully saturated rings. The minimum Gasteiger partial charge on any atom is -0.674 e. The van der Waals surface area contributed by atoms with E-state index >= 15 is 0 Å². The standard InChI is InChI=1S/C7H12NO.Re/c1-6(2)7(9)4-3-5-8;/h3-4,6,8H,5H2,1-2H3;/q-1;/b4-3+;. The molecule has 2 nitrogen and oxygen atoms in total. The Bertz CT molecular complexity index is 121. The van der Waals surface area contributed by atoms with Crippen LogP contribution in [0.2, 0.25) is 0 Å². The van der Waals surface area contributed by atoms with Gasteiger partial charge in [0, 0.05) is 26.3 Å². The SMILES string of the molecule is CC(C)C(=O)/C=C/C[NH-].[Re]. The minimum atomic E-state index is 0. The van der Waals surface area contributed by atoms with Crippen molar-refractivity contribution in [2.24, 2.45) is 5.92 Å². The van der Waals surface area contributed by atoms with Crippen molar-refractivity contribution in [2.45, 2.75) is 13.8 Å². The van der Waals surface area contributed by atoms with E-state index in [0.29, 0.717) is 0 Å². The maximum Gasteiger partial charge on any atom is 0.157 e. The number of ketones is 1. The second-order valence-electron chi connectivity index (χ2n) is 2.16. The van der Waals surface area contributed by atoms with Crippen molar-refractivity contribution >= 4 is 5.78 Å². The van der Waals surface area contributed by atoms with E-state index in [1.54, 1.807) is 6.08 Å². The average molecular weight is 312 g/mol. The van der Waals surface area contributed by atoms with Gasteiger partial charge in [0.05, 0.1) is 0 Å². The van der Waals surface area contributed by atoms with E-state index in [1.165, 1.54) is 6.08 Å². The van der Waals surface area contributed by atoms with Crippen molar-refractivity contribution in [1.82, 2.24) is 0 Å². The molecule has 0 aromatic carbocycles. The number of allylic oxidation sites excluding steroid dienone is 1. The van der Waals surface area contributed by atoms with Gasteiger partial charge in [-0.15, -0.1) is 12.6 Å². The number of nitrogens with one attached hydrogen (secondary N) is 1. The van der Waals surface area contributed by atoms with Crippen LogP contribution in [0, 0.1) is 5.92 Å². The Morgan fingerprint density at radius 3 is 2.40 bits per heavy atom. The van der Waals surface area contributed by atoms with Gasteiger partial charge in [0.15, 0.2) is 5.78 Å². The number of rotatable bonds is 3. The van der Waals surface area contributed by atoms with Gasteiger partial charge in [-0.3, -0.25) is 4.79 Å². The average Bonchev–Trinajstić information content (AvgIpc) is 1.82. The molecular weight excluding hydrogens is 300 g/mol. The summed E-state index contributed by atoms with van der Waals surface area (Å²) in [4.78, 5) is 10.7. The Kier molecular flexibility index (Phi) is 9.06. The van der Waals surface area contributed by atoms with Crippen LogP contribution in [0.3, 0.4) is 0 Å². The van der Waals surface area contributed by atoms with E-state index in [1.807, 2.05) is 13.8 Å². The fourth-order valence-corrected chi connectivity index (χ4v) is 0.368. The Morgan fingerprint density at radius 2 is 2.10 bits per heavy atom. The number of hydrogen-bond acceptors (Lipinski definition) is 1. The molecular formula is C7H12NORe-. The first-order valence-corrected chi connectivity index (χ1v) is 3.03. The molecule has 0 unspecified atom stereocenters. The van der Waals surface area contributed by atoms with E-state index in [-0.39, 0.29) is 38.7 Å². The van der Waals surface area contributed by atoms with E-state index in [9.17, 15) is 4.79 Å². The summed E-state index contributed by atoms with van der Waals surface area (Å²) < 4.78 is 0. The third-order valence-electron chi connectivity index (χ3n) is 0.969. The third kappa shape index (κ3) is 6.16. The first kappa shape index (κ1) is 12.7. The predicted octanol–water partition coefficient (Wildman–Crippen LogP) is 1.82. The fraction of sp³-hybridized carbons (Fsp3) is 0.571. The fourth-order valence-electron chi connectivity index (χ4n) is 0.368. The molecule has 0 atom stereocenters. The Balaban J connectivity index is 0. The first-order chi connectivity index (χ1) is 4.18. The van der Waals surface area contributed by atoms with Gasteiger partial charge in [0.2, 0.25) is 0 Å². The van der Waals surface area contributed by atoms with Crippen molar-refractivity contribution in [3.8, 4) is 0 Å². The van der Waals surface area contributed by atoms with Gasteiger partial charge in [-0.25, -0.2) is 0 Å². The summed E-state index contributed by atoms with van der Waals surface area (Å²) in [6, 6.07) is 0. The topological polar surface area (TPSA) is 40.9 Å². The van der Waals surface area contributed by atoms with Crippen LogP contribution in [0.25, 0.3) is 5.73 Å². The van der Waals surface area contributed by atoms with Crippen LogP contribution in [0.15, 0.2) is 12.2 Å². The summed E-state index contributed by atoms with van der Waals surface area (Å²) in [5.41, 5.74) is 6.70. The zero-order valence-electron chi connectivity index (χ0n) is 6.23. The number of hydrogen-bond donors (Lipinski definition) is 0. The molecule has 59 valence electrons. The van der Waals surface area contributed by atoms with E-state index in [4.69, 9.17) is 5.73 Å². The van der Waals surface area contributed by atoms with Crippen molar-refractivity contribution in [3.05, 3.63) is 17.9 Å². The molecule has 0 saturated carbocycles. The molecule has 0 bridgehead atoms. The molecule has 0 aliphatic rings. The van der Waals surface area contributed by atoms with Gasteiger partial charge in [-0.2, -0.15) is 0 Å². The Hall–Kier alpha value is 0.0323. The summed E-state index contributed by atoms with van der Waals surface area (Å²) in [5.74, 6) is 0.162. The van der Waals surface area contributed by atoms with E-state index in [2.05, 4.69) is 0 Å². The molecule has 0 saturated heterocycles. The van der Waals surface area contributed by atoms with E-state index < -0.39 is 0 Å². The van der Waals surface area contributed by atoms with Crippen LogP contribution in [-0.4, -0.2) is 12.3 Å². The smallest absolute Gasteiger partial charge is 0.157 e. The molecule has 0 spiro atoms. The van der Waals surface area contributed by atoms with Gasteiger partial charge in [-0.05, 0) is 6.08 Å². The predicted molar refractivity (Wildman–Crippen MR) is 38.2 cm³/mol. The molecule has 1 N–H and O–H groups in total. The van der Waals surface area contributed by atoms with Gasteiger partial charge >= 0.3 is 0 Å². The largest absolute Gasteiger partial charge is 0.674 e. The van der Waals surface area contributed by atoms with E-state index in [0.717, 1.165) is 0 Å². The summed E-state index contributed by atoms with van der Waals surface area (Å²) in [6.45, 7) is 3.88. The monoisotopic (exact) mass is 313 g/mol. The summed E-state index contributed by atoms with van der Waals surface area (Å²) >= 11 is 0. The molecule has 10 heavy (non-hydrogen) atoms. The number of carbonyl (C=O) groups excluding carboxylic acids is 1. The van der Waals surface area contributed by atoms with Gasteiger partial charge in [-0.1, -0.05) is 13.8 Å². The van der Waals surface area contributed by atoms with Crippen LogP contribution in [0.1, 0.15) is 13.8 Å². The van der Waals surface area contributed by atoms with Gasteiger partial charge in [0.25, 0.3) is 0 Å². The van der Waals surface area contributed by atoms with Gasteiger partial charge in [0.1, 0.15) is 0 Å². The normalized spacial score (nSPS) is 10.0. The van der Waals surface area contributed by atoms with Crippen LogP contribution >= 0.6 is 0 Å². The Morgan fingerprint density at radius 1 is 1.60 bits per heavy atom. The van der Waals surface area contributed by atoms with Crippen molar-refractivity contribution in [3.63, 3.8) is 0 Å². The molecule has 0 aliphatic carbocycles. The van der Waals surface area contributed by atoms with Crippen LogP contribution in [0.4, 0.5) is 0 Å². The zero-order chi connectivity index (χ0) is 7.28. The Labute approximate surface area is 75.5 Å². The molecule has 0 rings (SSSR count). The molecule has 0 heterocycles. The molecule has 0 aliphatic heterocycles. The first-order valence-electron chi connectivity index (χ1n) is 3.03. The van der Waals surface area contributed by atoms with Crippen LogP contribution in [-0.2, 0) is 25.2 Å². The van der Waals surface area contributed by atoms with Crippen LogP contribution in [0.5, 0.6) is 0 Å². The third-order valence-corrected chi connectivity index (χ3v) is 0.969. The maximum absolute atomic E-state index is 10.7. The number of carbonyl (C=O) groups is 1. The second-order valence-corrected chi connectivity index (χ2v) is 2.16. The second kappa shape index (κ2) is 7.14. The quantitative estimate of drug-likeness (QED) is 0.733. The van der Waals surface area contributed by atoms with Crippen molar-refractivity contribution < 1.29 is 25.2 Å². The molecule has 0 amide bonds. The molecule has 0 aromatic rings. The van der Waals surface area contributed by atoms with Gasteiger partial charge < -0.3 is 5.73 Å². The summed E-state index contributed by atoms with van der Waals surface area (Å²) in [7, 11) is 0. The van der Waals surface area contributed by atoms with Crippen molar-refractivity contribution in [1.29, 1.82) is 0 Å². The molecule has 3 heteroatoms. The molecule has 0 aromatic heterocycles. The summed E-state index contributed by atoms with van der Waals surface area (Å²) in [6.07, 6.45) is 3.03. The van der Waals surface area contributed by atoms with Crippen molar-refractivity contribution in [2.75, 3.05) is 6.54 Å². The molecule has 1 radical (unpaired) electrons.